The zero-order valence-corrected chi connectivity index (χ0v) is 21.1. The number of hydrogen-bond donors (Lipinski definition) is 2. The van der Waals surface area contributed by atoms with E-state index in [0.29, 0.717) is 33.5 Å². The average molecular weight is 541 g/mol. The van der Waals surface area contributed by atoms with Gasteiger partial charge in [0.2, 0.25) is 0 Å². The van der Waals surface area contributed by atoms with Crippen LogP contribution in [0, 0.1) is 0 Å². The molecule has 2 N–H and O–H groups in total. The second-order valence-corrected chi connectivity index (χ2v) is 9.80. The molecule has 182 valence electrons. The van der Waals surface area contributed by atoms with Crippen LogP contribution in [0.15, 0.2) is 66.2 Å². The number of aromatic hydroxyl groups is 1. The van der Waals surface area contributed by atoms with Gasteiger partial charge in [0.25, 0.3) is 5.78 Å². The largest absolute Gasteiger partial charge is 0.508 e. The van der Waals surface area contributed by atoms with Crippen LogP contribution in [-0.4, -0.2) is 33.5 Å². The summed E-state index contributed by atoms with van der Waals surface area (Å²) in [5.74, 6) is -1.73. The molecule has 0 spiro atoms. The number of nitrogens with zero attached hydrogens (tertiary/aromatic N) is 2. The van der Waals surface area contributed by atoms with E-state index in [1.165, 1.54) is 34.4 Å². The van der Waals surface area contributed by atoms with Crippen LogP contribution in [0.4, 0.5) is 5.13 Å². The Morgan fingerprint density at radius 2 is 1.83 bits per heavy atom. The molecule has 36 heavy (non-hydrogen) atoms. The first kappa shape index (κ1) is 24.1. The van der Waals surface area contributed by atoms with E-state index < -0.39 is 17.7 Å². The topological polar surface area (TPSA) is 100.0 Å². The summed E-state index contributed by atoms with van der Waals surface area (Å²) in [5.41, 5.74) is 1.27. The number of amides is 1. The predicted molar refractivity (Wildman–Crippen MR) is 140 cm³/mol. The number of halogens is 2. The van der Waals surface area contributed by atoms with Crippen molar-refractivity contribution in [1.82, 2.24) is 4.98 Å². The summed E-state index contributed by atoms with van der Waals surface area (Å²) < 4.78 is 6.26. The highest BCUT2D eigenvalue weighted by atomic mass is 35.5. The van der Waals surface area contributed by atoms with Crippen molar-refractivity contribution in [1.29, 1.82) is 0 Å². The number of hydrogen-bond acceptors (Lipinski definition) is 7. The number of benzene rings is 3. The molecule has 0 saturated carbocycles. The van der Waals surface area contributed by atoms with Crippen LogP contribution < -0.4 is 9.64 Å². The monoisotopic (exact) mass is 540 g/mol. The molecule has 1 atom stereocenters. The number of aliphatic hydroxyl groups is 1. The van der Waals surface area contributed by atoms with Gasteiger partial charge in [-0.15, -0.1) is 0 Å². The van der Waals surface area contributed by atoms with Crippen LogP contribution in [0.2, 0.25) is 10.0 Å². The molecule has 1 unspecified atom stereocenters. The maximum atomic E-state index is 13.3. The summed E-state index contributed by atoms with van der Waals surface area (Å²) in [7, 11) is 0. The first-order valence-electron chi connectivity index (χ1n) is 10.9. The number of aliphatic hydroxyl groups excluding tert-OH is 1. The predicted octanol–water partition coefficient (Wildman–Crippen LogP) is 6.33. The molecular formula is C26H18Cl2N2O5S. The van der Waals surface area contributed by atoms with Gasteiger partial charge in [-0.05, 0) is 61.0 Å². The standard InChI is InChI=1S/C26H18Cl2N2O5S/c1-2-35-19-11-14(5-9-17(19)28)23(32)21-22(13-3-7-16(31)8-4-13)30(25(34)24(21)33)26-29-18-10-6-15(27)12-20(18)36-26/h3-12,22,31-32H,2H2,1H3/b23-21+. The molecule has 5 rings (SSSR count). The third-order valence-corrected chi connectivity index (χ3v) is 7.27. The lowest BCUT2D eigenvalue weighted by Gasteiger charge is -2.23. The van der Waals surface area contributed by atoms with Crippen LogP contribution in [0.25, 0.3) is 16.0 Å². The van der Waals surface area contributed by atoms with Crippen molar-refractivity contribution in [2.45, 2.75) is 13.0 Å². The molecule has 3 aromatic carbocycles. The molecule has 10 heteroatoms. The Labute approximate surface area is 219 Å². The molecule has 2 heterocycles. The fourth-order valence-corrected chi connectivity index (χ4v) is 5.50. The molecule has 0 aliphatic carbocycles. The average Bonchev–Trinajstić information content (AvgIpc) is 3.38. The highest BCUT2D eigenvalue weighted by Gasteiger charge is 2.48. The molecule has 0 bridgehead atoms. The van der Waals surface area contributed by atoms with Gasteiger partial charge in [-0.2, -0.15) is 0 Å². The first-order valence-corrected chi connectivity index (χ1v) is 12.4. The molecule has 4 aromatic rings. The molecular weight excluding hydrogens is 523 g/mol. The number of carbonyl (C=O) groups is 2. The number of rotatable bonds is 5. The lowest BCUT2D eigenvalue weighted by Crippen LogP contribution is -2.29. The van der Waals surface area contributed by atoms with Crippen molar-refractivity contribution < 1.29 is 24.5 Å². The second kappa shape index (κ2) is 9.46. The number of carbonyl (C=O) groups excluding carboxylic acids is 2. The number of fused-ring (bicyclic) bond motifs is 1. The molecule has 1 aliphatic heterocycles. The molecule has 1 fully saturated rings. The van der Waals surface area contributed by atoms with Gasteiger partial charge >= 0.3 is 5.91 Å². The smallest absolute Gasteiger partial charge is 0.301 e. The molecule has 0 radical (unpaired) electrons. The van der Waals surface area contributed by atoms with Gasteiger partial charge in [0, 0.05) is 10.6 Å². The number of thiazole rings is 1. The van der Waals surface area contributed by atoms with E-state index in [2.05, 4.69) is 4.98 Å². The zero-order valence-electron chi connectivity index (χ0n) is 18.7. The molecule has 1 aromatic heterocycles. The Hall–Kier alpha value is -3.59. The number of phenolic OH excluding ortho intramolecular Hbond substituents is 1. The van der Waals surface area contributed by atoms with Gasteiger partial charge in [-0.3, -0.25) is 14.5 Å². The van der Waals surface area contributed by atoms with E-state index in [1.54, 1.807) is 49.4 Å². The lowest BCUT2D eigenvalue weighted by molar-refractivity contribution is -0.132. The van der Waals surface area contributed by atoms with E-state index >= 15 is 0 Å². The first-order chi connectivity index (χ1) is 17.3. The Bertz CT molecular complexity index is 1550. The maximum Gasteiger partial charge on any atom is 0.301 e. The quantitative estimate of drug-likeness (QED) is 0.174. The van der Waals surface area contributed by atoms with Crippen LogP contribution in [0.3, 0.4) is 0 Å². The third kappa shape index (κ3) is 4.17. The molecule has 1 saturated heterocycles. The highest BCUT2D eigenvalue weighted by Crippen LogP contribution is 2.45. The highest BCUT2D eigenvalue weighted by molar-refractivity contribution is 7.22. The second-order valence-electron chi connectivity index (χ2n) is 7.95. The van der Waals surface area contributed by atoms with Crippen LogP contribution in [0.1, 0.15) is 24.1 Å². The summed E-state index contributed by atoms with van der Waals surface area (Å²) in [6.07, 6.45) is 0. The summed E-state index contributed by atoms with van der Waals surface area (Å²) in [4.78, 5) is 32.5. The van der Waals surface area contributed by atoms with E-state index in [0.717, 1.165) is 4.70 Å². The Morgan fingerprint density at radius 3 is 2.56 bits per heavy atom. The van der Waals surface area contributed by atoms with Crippen molar-refractivity contribution in [3.63, 3.8) is 0 Å². The number of anilines is 1. The SMILES string of the molecule is CCOc1cc(/C(O)=C2\C(=O)C(=O)N(c3nc4ccc(Cl)cc4s3)C2c2ccc(O)cc2)ccc1Cl. The van der Waals surface area contributed by atoms with Crippen molar-refractivity contribution in [3.05, 3.63) is 87.4 Å². The maximum absolute atomic E-state index is 13.3. The van der Waals surface area contributed by atoms with Crippen molar-refractivity contribution in [2.75, 3.05) is 11.5 Å². The normalized spacial score (nSPS) is 17.2. The number of Topliss-reactive ketones (excluding diaryl/α,β-unsaturated/α-hetero) is 1. The summed E-state index contributed by atoms with van der Waals surface area (Å²) in [6.45, 7) is 2.15. The van der Waals surface area contributed by atoms with Crippen LogP contribution >= 0.6 is 34.5 Å². The lowest BCUT2D eigenvalue weighted by atomic mass is 9.95. The van der Waals surface area contributed by atoms with Crippen LogP contribution in [0.5, 0.6) is 11.5 Å². The fraction of sp³-hybridized carbons (Fsp3) is 0.115. The Morgan fingerprint density at radius 1 is 1.08 bits per heavy atom. The number of ketones is 1. The van der Waals surface area contributed by atoms with Gasteiger partial charge in [0.05, 0.1) is 33.5 Å². The summed E-state index contributed by atoms with van der Waals surface area (Å²) in [5, 5.41) is 22.3. The van der Waals surface area contributed by atoms with Crippen LogP contribution in [-0.2, 0) is 9.59 Å². The van der Waals surface area contributed by atoms with Crippen molar-refractivity contribution in [2.24, 2.45) is 0 Å². The number of ether oxygens (including phenoxy) is 1. The Kier molecular flexibility index (Phi) is 6.34. The van der Waals surface area contributed by atoms with Gasteiger partial charge < -0.3 is 14.9 Å². The minimum atomic E-state index is -0.993. The summed E-state index contributed by atoms with van der Waals surface area (Å²) >= 11 is 13.5. The van der Waals surface area contributed by atoms with Crippen molar-refractivity contribution >= 4 is 67.3 Å². The van der Waals surface area contributed by atoms with Gasteiger partial charge in [0.1, 0.15) is 17.3 Å². The van der Waals surface area contributed by atoms with E-state index in [-0.39, 0.29) is 27.8 Å². The molecule has 1 aliphatic rings. The number of aromatic nitrogens is 1. The zero-order chi connectivity index (χ0) is 25.6. The minimum absolute atomic E-state index is 0.0180. The van der Waals surface area contributed by atoms with E-state index in [4.69, 9.17) is 27.9 Å². The molecule has 7 nitrogen and oxygen atoms in total. The van der Waals surface area contributed by atoms with Gasteiger partial charge in [0.15, 0.2) is 5.13 Å². The van der Waals surface area contributed by atoms with E-state index in [9.17, 15) is 19.8 Å². The third-order valence-electron chi connectivity index (χ3n) is 5.70. The van der Waals surface area contributed by atoms with Gasteiger partial charge in [-0.1, -0.05) is 46.7 Å². The van der Waals surface area contributed by atoms with Gasteiger partial charge in [-0.25, -0.2) is 4.98 Å². The Balaban J connectivity index is 1.71. The number of phenols is 1. The van der Waals surface area contributed by atoms with E-state index in [1.807, 2.05) is 0 Å². The molecule has 1 amide bonds. The fourth-order valence-electron chi connectivity index (χ4n) is 4.06. The van der Waals surface area contributed by atoms with Crippen molar-refractivity contribution in [3.8, 4) is 11.5 Å². The minimum Gasteiger partial charge on any atom is -0.508 e. The summed E-state index contributed by atoms with van der Waals surface area (Å²) in [6, 6.07) is 14.8.